The maximum absolute atomic E-state index is 13.2. The van der Waals surface area contributed by atoms with E-state index in [9.17, 15) is 16.8 Å². The van der Waals surface area contributed by atoms with Crippen molar-refractivity contribution in [3.63, 3.8) is 0 Å². The normalized spacial score (nSPS) is 21.5. The van der Waals surface area contributed by atoms with Crippen molar-refractivity contribution >= 4 is 35.8 Å². The maximum Gasteiger partial charge on any atom is 0.244 e. The maximum atomic E-state index is 13.2. The van der Waals surface area contributed by atoms with E-state index in [1.807, 2.05) is 0 Å². The van der Waals surface area contributed by atoms with Gasteiger partial charge in [-0.2, -0.15) is 4.31 Å². The summed E-state index contributed by atoms with van der Waals surface area (Å²) in [5, 5.41) is 0. The zero-order valence-electron chi connectivity index (χ0n) is 16.3. The molecule has 1 heterocycles. The topological polar surface area (TPSA) is 74.8 Å². The molecule has 0 aromatic heterocycles. The van der Waals surface area contributed by atoms with Gasteiger partial charge in [-0.05, 0) is 65.9 Å². The minimum Gasteiger partial charge on any atom is -0.302 e. The molecule has 2 fully saturated rings. The van der Waals surface area contributed by atoms with Crippen LogP contribution in [0, 0.1) is 5.92 Å². The van der Waals surface area contributed by atoms with Crippen molar-refractivity contribution in [2.45, 2.75) is 48.3 Å². The van der Waals surface area contributed by atoms with Crippen molar-refractivity contribution in [2.75, 3.05) is 39.0 Å². The van der Waals surface area contributed by atoms with Gasteiger partial charge in [-0.25, -0.2) is 16.8 Å². The minimum atomic E-state index is -3.76. The third kappa shape index (κ3) is 5.36. The molecular weight excluding hydrogens is 464 g/mol. The van der Waals surface area contributed by atoms with Crippen LogP contribution in [0.25, 0.3) is 0 Å². The summed E-state index contributed by atoms with van der Waals surface area (Å²) in [6, 6.07) is 4.18. The van der Waals surface area contributed by atoms with Crippen LogP contribution in [0.15, 0.2) is 32.5 Å². The highest BCUT2D eigenvalue weighted by Crippen LogP contribution is 2.29. The molecule has 158 valence electrons. The fourth-order valence-corrected chi connectivity index (χ4v) is 7.30. The lowest BCUT2D eigenvalue weighted by Gasteiger charge is -2.28. The second kappa shape index (κ2) is 9.12. The third-order valence-corrected chi connectivity index (χ3v) is 9.74. The molecule has 1 aliphatic carbocycles. The number of benzene rings is 1. The van der Waals surface area contributed by atoms with E-state index in [0.717, 1.165) is 38.2 Å². The Morgan fingerprint density at radius 2 is 1.68 bits per heavy atom. The van der Waals surface area contributed by atoms with Crippen LogP contribution in [0.2, 0.25) is 0 Å². The lowest BCUT2D eigenvalue weighted by atomic mass is 9.89. The molecule has 1 saturated heterocycles. The van der Waals surface area contributed by atoms with Gasteiger partial charge in [0.1, 0.15) is 0 Å². The summed E-state index contributed by atoms with van der Waals surface area (Å²) in [7, 11) is -7.24. The quantitative estimate of drug-likeness (QED) is 0.630. The van der Waals surface area contributed by atoms with Crippen LogP contribution >= 0.6 is 15.9 Å². The van der Waals surface area contributed by atoms with Crippen molar-refractivity contribution in [3.8, 4) is 0 Å². The summed E-state index contributed by atoms with van der Waals surface area (Å²) < 4.78 is 52.0. The number of halogens is 1. The monoisotopic (exact) mass is 492 g/mol. The predicted octanol–water partition coefficient (Wildman–Crippen LogP) is 3.13. The summed E-state index contributed by atoms with van der Waals surface area (Å²) >= 11 is 3.29. The number of rotatable bonds is 5. The Balaban J connectivity index is 1.74. The molecule has 0 radical (unpaired) electrons. The smallest absolute Gasteiger partial charge is 0.244 e. The van der Waals surface area contributed by atoms with Crippen LogP contribution in [0.3, 0.4) is 0 Å². The van der Waals surface area contributed by atoms with Gasteiger partial charge in [0.05, 0.1) is 9.79 Å². The van der Waals surface area contributed by atoms with Crippen LogP contribution in [-0.2, 0) is 19.9 Å². The average Bonchev–Trinajstić information content (AvgIpc) is 2.88. The molecule has 6 nitrogen and oxygen atoms in total. The highest BCUT2D eigenvalue weighted by Gasteiger charge is 2.30. The number of hydrogen-bond donors (Lipinski definition) is 0. The van der Waals surface area contributed by atoms with Gasteiger partial charge >= 0.3 is 0 Å². The lowest BCUT2D eigenvalue weighted by Crippen LogP contribution is -2.37. The van der Waals surface area contributed by atoms with Gasteiger partial charge in [0.25, 0.3) is 0 Å². The molecule has 0 spiro atoms. The van der Waals surface area contributed by atoms with E-state index in [1.165, 1.54) is 54.6 Å². The summed E-state index contributed by atoms with van der Waals surface area (Å²) in [5.74, 6) is 0.734. The largest absolute Gasteiger partial charge is 0.302 e. The van der Waals surface area contributed by atoms with Gasteiger partial charge in [-0.15, -0.1) is 0 Å². The molecule has 1 aromatic rings. The molecule has 1 saturated carbocycles. The lowest BCUT2D eigenvalue weighted by molar-refractivity contribution is 0.208. The van der Waals surface area contributed by atoms with E-state index in [1.54, 1.807) is 0 Å². The van der Waals surface area contributed by atoms with E-state index < -0.39 is 19.9 Å². The molecular formula is C19H29BrN2O4S2. The predicted molar refractivity (Wildman–Crippen MR) is 114 cm³/mol. The Bertz CT molecular complexity index is 897. The van der Waals surface area contributed by atoms with Crippen LogP contribution in [0.5, 0.6) is 0 Å². The number of sulfonamides is 1. The Hall–Kier alpha value is -0.480. The summed E-state index contributed by atoms with van der Waals surface area (Å²) in [4.78, 5) is 2.44. The molecule has 28 heavy (non-hydrogen) atoms. The van der Waals surface area contributed by atoms with Crippen molar-refractivity contribution in [1.29, 1.82) is 0 Å². The average molecular weight is 493 g/mol. The molecule has 0 atom stereocenters. The van der Waals surface area contributed by atoms with Crippen LogP contribution in [-0.4, -0.2) is 65.0 Å². The number of hydrogen-bond acceptors (Lipinski definition) is 5. The van der Waals surface area contributed by atoms with Crippen LogP contribution in [0.1, 0.15) is 38.5 Å². The summed E-state index contributed by atoms with van der Waals surface area (Å²) in [6.45, 7) is 3.58. The summed E-state index contributed by atoms with van der Waals surface area (Å²) in [5.41, 5.74) is 0. The zero-order valence-corrected chi connectivity index (χ0v) is 19.5. The first-order valence-corrected chi connectivity index (χ1v) is 14.0. The number of nitrogens with zero attached hydrogens (tertiary/aromatic N) is 2. The SMILES string of the molecule is CS(=O)(=O)c1ccc(Br)c(S(=O)(=O)N2CCCN(CC3CCCCC3)CC2)c1. The van der Waals surface area contributed by atoms with Crippen molar-refractivity contribution in [1.82, 2.24) is 9.21 Å². The zero-order chi connectivity index (χ0) is 20.4. The van der Waals surface area contributed by atoms with E-state index >= 15 is 0 Å². The highest BCUT2D eigenvalue weighted by molar-refractivity contribution is 9.10. The van der Waals surface area contributed by atoms with E-state index in [0.29, 0.717) is 17.6 Å². The molecule has 0 bridgehead atoms. The first-order valence-electron chi connectivity index (χ1n) is 9.90. The molecule has 1 aliphatic heterocycles. The van der Waals surface area contributed by atoms with Gasteiger partial charge in [-0.3, -0.25) is 0 Å². The highest BCUT2D eigenvalue weighted by atomic mass is 79.9. The fourth-order valence-electron chi connectivity index (χ4n) is 4.16. The van der Waals surface area contributed by atoms with Crippen molar-refractivity contribution < 1.29 is 16.8 Å². The molecule has 0 unspecified atom stereocenters. The Kier molecular flexibility index (Phi) is 7.23. The molecule has 0 amide bonds. The fraction of sp³-hybridized carbons (Fsp3) is 0.684. The first kappa shape index (κ1) is 22.2. The van der Waals surface area contributed by atoms with Gasteiger partial charge < -0.3 is 4.90 Å². The number of sulfone groups is 1. The van der Waals surface area contributed by atoms with Gasteiger partial charge in [0.2, 0.25) is 10.0 Å². The van der Waals surface area contributed by atoms with E-state index in [2.05, 4.69) is 20.8 Å². The second-order valence-corrected chi connectivity index (χ2v) is 12.7. The van der Waals surface area contributed by atoms with Crippen LogP contribution < -0.4 is 0 Å². The Labute approximate surface area is 177 Å². The van der Waals surface area contributed by atoms with E-state index in [-0.39, 0.29) is 9.79 Å². The first-order chi connectivity index (χ1) is 13.2. The van der Waals surface area contributed by atoms with Crippen molar-refractivity contribution in [3.05, 3.63) is 22.7 Å². The molecule has 9 heteroatoms. The molecule has 3 rings (SSSR count). The standard InChI is InChI=1S/C19H29BrN2O4S2/c1-27(23,24)17-8-9-18(20)19(14-17)28(25,26)22-11-5-10-21(12-13-22)15-16-6-3-2-4-7-16/h8-9,14,16H,2-7,10-13,15H2,1H3. The Morgan fingerprint density at radius 3 is 2.36 bits per heavy atom. The molecule has 1 aromatic carbocycles. The second-order valence-electron chi connectivity index (χ2n) is 7.93. The Morgan fingerprint density at radius 1 is 0.964 bits per heavy atom. The van der Waals surface area contributed by atoms with Gasteiger partial charge in [0, 0.05) is 36.9 Å². The third-order valence-electron chi connectivity index (χ3n) is 5.74. The van der Waals surface area contributed by atoms with Crippen molar-refractivity contribution in [2.24, 2.45) is 5.92 Å². The molecule has 2 aliphatic rings. The summed E-state index contributed by atoms with van der Waals surface area (Å²) in [6.07, 6.45) is 8.39. The molecule has 0 N–H and O–H groups in total. The minimum absolute atomic E-state index is 0.0167. The van der Waals surface area contributed by atoms with Crippen LogP contribution in [0.4, 0.5) is 0 Å². The van der Waals surface area contributed by atoms with Gasteiger partial charge in [-0.1, -0.05) is 19.3 Å². The van der Waals surface area contributed by atoms with E-state index in [4.69, 9.17) is 0 Å². The van der Waals surface area contributed by atoms with Gasteiger partial charge in [0.15, 0.2) is 9.84 Å².